The number of likely N-dealkylation sites (tertiary alicyclic amines) is 1. The topological polar surface area (TPSA) is 41.1 Å². The average Bonchev–Trinajstić information content (AvgIpc) is 3.19. The molecule has 0 bridgehead atoms. The summed E-state index contributed by atoms with van der Waals surface area (Å²) in [6, 6.07) is 8.72. The third-order valence-electron chi connectivity index (χ3n) is 5.44. The lowest BCUT2D eigenvalue weighted by Crippen LogP contribution is -2.34. The second kappa shape index (κ2) is 8.29. The summed E-state index contributed by atoms with van der Waals surface area (Å²) in [5, 5.41) is 7.02. The van der Waals surface area contributed by atoms with E-state index in [2.05, 4.69) is 15.1 Å². The van der Waals surface area contributed by atoms with E-state index in [-0.39, 0.29) is 23.0 Å². The Labute approximate surface area is 167 Å². The number of hydrogen-bond donors (Lipinski definition) is 1. The van der Waals surface area contributed by atoms with E-state index in [1.54, 1.807) is 12.1 Å². The number of methoxy groups -OCH3 is 1. The number of aromatic amines is 1. The number of nitrogens with zero attached hydrogens (tertiary/aromatic N) is 2. The normalized spacial score (nSPS) is 17.4. The van der Waals surface area contributed by atoms with Gasteiger partial charge in [0.2, 0.25) is 0 Å². The van der Waals surface area contributed by atoms with Crippen molar-refractivity contribution in [3.63, 3.8) is 0 Å². The molecule has 152 valence electrons. The third kappa shape index (κ3) is 4.00. The Bertz CT molecular complexity index is 984. The molecular formula is C22H22F3N3O. The van der Waals surface area contributed by atoms with Crippen LogP contribution >= 0.6 is 0 Å². The zero-order chi connectivity index (χ0) is 20.4. The summed E-state index contributed by atoms with van der Waals surface area (Å²) >= 11 is 0. The molecule has 2 heterocycles. The van der Waals surface area contributed by atoms with Crippen LogP contribution in [0.15, 0.2) is 42.6 Å². The molecule has 4 rings (SSSR count). The third-order valence-corrected chi connectivity index (χ3v) is 5.44. The molecule has 2 aromatic carbocycles. The summed E-state index contributed by atoms with van der Waals surface area (Å²) in [5.41, 5.74) is 2.12. The maximum absolute atomic E-state index is 14.3. The van der Waals surface area contributed by atoms with Crippen molar-refractivity contribution in [1.29, 1.82) is 0 Å². The Morgan fingerprint density at radius 2 is 1.93 bits per heavy atom. The molecule has 0 spiro atoms. The number of aromatic nitrogens is 2. The molecule has 1 aliphatic rings. The maximum atomic E-state index is 14.3. The van der Waals surface area contributed by atoms with Crippen LogP contribution in [0.5, 0.6) is 5.75 Å². The van der Waals surface area contributed by atoms with Gasteiger partial charge in [0, 0.05) is 30.3 Å². The highest BCUT2D eigenvalue weighted by Crippen LogP contribution is 2.35. The lowest BCUT2D eigenvalue weighted by Gasteiger charge is -2.32. The number of halogens is 3. The number of benzene rings is 2. The molecule has 1 fully saturated rings. The first-order valence-electron chi connectivity index (χ1n) is 9.59. The lowest BCUT2D eigenvalue weighted by molar-refractivity contribution is 0.198. The average molecular weight is 401 g/mol. The Kier molecular flexibility index (Phi) is 5.58. The first-order valence-corrected chi connectivity index (χ1v) is 9.59. The fraction of sp³-hybridized carbons (Fsp3) is 0.318. The molecule has 1 saturated heterocycles. The fourth-order valence-electron chi connectivity index (χ4n) is 4.06. The van der Waals surface area contributed by atoms with Crippen LogP contribution in [0.1, 0.15) is 30.0 Å². The molecular weight excluding hydrogens is 379 g/mol. The number of rotatable bonds is 5. The predicted octanol–water partition coefficient (Wildman–Crippen LogP) is 4.88. The summed E-state index contributed by atoms with van der Waals surface area (Å²) in [6.45, 7) is 2.25. The molecule has 0 radical (unpaired) electrons. The maximum Gasteiger partial charge on any atom is 0.165 e. The Morgan fingerprint density at radius 1 is 1.14 bits per heavy atom. The molecule has 0 aliphatic carbocycles. The van der Waals surface area contributed by atoms with E-state index in [4.69, 9.17) is 4.74 Å². The van der Waals surface area contributed by atoms with Crippen molar-refractivity contribution in [2.75, 3.05) is 20.2 Å². The molecule has 1 unspecified atom stereocenters. The van der Waals surface area contributed by atoms with Crippen molar-refractivity contribution < 1.29 is 17.9 Å². The van der Waals surface area contributed by atoms with Crippen LogP contribution < -0.4 is 4.74 Å². The smallest absolute Gasteiger partial charge is 0.165 e. The van der Waals surface area contributed by atoms with Gasteiger partial charge in [-0.05, 0) is 49.2 Å². The van der Waals surface area contributed by atoms with E-state index in [1.165, 1.54) is 37.6 Å². The van der Waals surface area contributed by atoms with Crippen LogP contribution in [0, 0.1) is 17.5 Å². The van der Waals surface area contributed by atoms with Gasteiger partial charge in [0.05, 0.1) is 18.9 Å². The first kappa shape index (κ1) is 19.5. The zero-order valence-electron chi connectivity index (χ0n) is 16.1. The van der Waals surface area contributed by atoms with Gasteiger partial charge in [-0.2, -0.15) is 5.10 Å². The standard InChI is InChI=1S/C22H22F3N3O/c1-29-20-10-14(7-8-17(20)23)12-28-9-3-4-15(13-28)22-16(11-26-27-22)21-18(24)5-2-6-19(21)25/h2,5-8,10-11,15H,3-4,9,12-13H2,1H3,(H,26,27). The number of nitrogens with one attached hydrogen (secondary N) is 1. The van der Waals surface area contributed by atoms with E-state index in [0.29, 0.717) is 18.7 Å². The quantitative estimate of drug-likeness (QED) is 0.662. The molecule has 0 saturated carbocycles. The molecule has 7 heteroatoms. The zero-order valence-corrected chi connectivity index (χ0v) is 16.1. The van der Waals surface area contributed by atoms with E-state index < -0.39 is 11.6 Å². The lowest BCUT2D eigenvalue weighted by atomic mass is 9.90. The van der Waals surface area contributed by atoms with E-state index in [0.717, 1.165) is 30.6 Å². The fourth-order valence-corrected chi connectivity index (χ4v) is 4.06. The van der Waals surface area contributed by atoms with Crippen molar-refractivity contribution >= 4 is 0 Å². The van der Waals surface area contributed by atoms with Crippen LogP contribution in [0.4, 0.5) is 13.2 Å². The van der Waals surface area contributed by atoms with Gasteiger partial charge in [0.1, 0.15) is 11.6 Å². The Morgan fingerprint density at radius 3 is 2.69 bits per heavy atom. The second-order valence-electron chi connectivity index (χ2n) is 7.34. The monoisotopic (exact) mass is 401 g/mol. The van der Waals surface area contributed by atoms with Crippen LogP contribution in [-0.2, 0) is 6.54 Å². The summed E-state index contributed by atoms with van der Waals surface area (Å²) in [4.78, 5) is 2.25. The highest BCUT2D eigenvalue weighted by atomic mass is 19.1. The molecule has 0 amide bonds. The SMILES string of the molecule is COc1cc(CN2CCCC(c3[nH]ncc3-c3c(F)cccc3F)C2)ccc1F. The minimum atomic E-state index is -0.598. The molecule has 1 aliphatic heterocycles. The van der Waals surface area contributed by atoms with E-state index in [1.807, 2.05) is 0 Å². The summed E-state index contributed by atoms with van der Waals surface area (Å²) in [5.74, 6) is -1.29. The van der Waals surface area contributed by atoms with Gasteiger partial charge < -0.3 is 4.74 Å². The van der Waals surface area contributed by atoms with Crippen molar-refractivity contribution in [3.8, 4) is 16.9 Å². The largest absolute Gasteiger partial charge is 0.494 e. The van der Waals surface area contributed by atoms with Gasteiger partial charge in [0.15, 0.2) is 11.6 Å². The van der Waals surface area contributed by atoms with Crippen LogP contribution in [0.2, 0.25) is 0 Å². The summed E-state index contributed by atoms with van der Waals surface area (Å²) < 4.78 is 47.3. The predicted molar refractivity (Wildman–Crippen MR) is 104 cm³/mol. The molecule has 1 atom stereocenters. The minimum Gasteiger partial charge on any atom is -0.494 e. The number of piperidine rings is 1. The number of ether oxygens (including phenoxy) is 1. The van der Waals surface area contributed by atoms with Crippen molar-refractivity contribution in [3.05, 3.63) is 71.3 Å². The molecule has 1 aromatic heterocycles. The Balaban J connectivity index is 1.55. The molecule has 4 nitrogen and oxygen atoms in total. The van der Waals surface area contributed by atoms with Crippen molar-refractivity contribution in [2.45, 2.75) is 25.3 Å². The van der Waals surface area contributed by atoms with Gasteiger partial charge in [0.25, 0.3) is 0 Å². The minimum absolute atomic E-state index is 0.0448. The summed E-state index contributed by atoms with van der Waals surface area (Å²) in [6.07, 6.45) is 3.33. The molecule has 1 N–H and O–H groups in total. The van der Waals surface area contributed by atoms with Crippen molar-refractivity contribution in [2.24, 2.45) is 0 Å². The highest BCUT2D eigenvalue weighted by molar-refractivity contribution is 5.67. The Hall–Kier alpha value is -2.80. The number of H-pyrrole nitrogens is 1. The number of hydrogen-bond acceptors (Lipinski definition) is 3. The first-order chi connectivity index (χ1) is 14.1. The van der Waals surface area contributed by atoms with Gasteiger partial charge in [-0.1, -0.05) is 12.1 Å². The van der Waals surface area contributed by atoms with E-state index >= 15 is 0 Å². The van der Waals surface area contributed by atoms with Gasteiger partial charge in [-0.15, -0.1) is 0 Å². The second-order valence-corrected chi connectivity index (χ2v) is 7.34. The van der Waals surface area contributed by atoms with Crippen molar-refractivity contribution in [1.82, 2.24) is 15.1 Å². The van der Waals surface area contributed by atoms with Crippen LogP contribution in [0.25, 0.3) is 11.1 Å². The van der Waals surface area contributed by atoms with Crippen LogP contribution in [-0.4, -0.2) is 35.3 Å². The molecule has 29 heavy (non-hydrogen) atoms. The summed E-state index contributed by atoms with van der Waals surface area (Å²) in [7, 11) is 1.45. The molecule has 3 aromatic rings. The van der Waals surface area contributed by atoms with E-state index in [9.17, 15) is 13.2 Å². The van der Waals surface area contributed by atoms with Gasteiger partial charge >= 0.3 is 0 Å². The van der Waals surface area contributed by atoms with Gasteiger partial charge in [-0.25, -0.2) is 13.2 Å². The highest BCUT2D eigenvalue weighted by Gasteiger charge is 2.27. The van der Waals surface area contributed by atoms with Crippen LogP contribution in [0.3, 0.4) is 0 Å². The van der Waals surface area contributed by atoms with Gasteiger partial charge in [-0.3, -0.25) is 10.00 Å².